The molecule has 3 aromatic carbocycles. The molecule has 3 rings (SSSR count). The van der Waals surface area contributed by atoms with Gasteiger partial charge in [0.2, 0.25) is 5.91 Å². The molecule has 0 spiro atoms. The second-order valence-corrected chi connectivity index (χ2v) is 7.72. The van der Waals surface area contributed by atoms with Crippen molar-refractivity contribution in [1.29, 1.82) is 0 Å². The van der Waals surface area contributed by atoms with Crippen molar-refractivity contribution in [3.63, 3.8) is 0 Å². The van der Waals surface area contributed by atoms with E-state index in [9.17, 15) is 14.4 Å². The number of ether oxygens (including phenoxy) is 2. The Balaban J connectivity index is 1.70. The van der Waals surface area contributed by atoms with Crippen LogP contribution in [-0.2, 0) is 38.5 Å². The minimum absolute atomic E-state index is 0.0745. The lowest BCUT2D eigenvalue weighted by Crippen LogP contribution is -2.53. The number of carbonyl (C=O) groups excluding carboxylic acids is 3. The lowest BCUT2D eigenvalue weighted by atomic mass is 10.0. The minimum atomic E-state index is -0.950. The molecule has 2 atom stereocenters. The summed E-state index contributed by atoms with van der Waals surface area (Å²) in [6.07, 6.45) is -0.236. The highest BCUT2D eigenvalue weighted by molar-refractivity contribution is 5.90. The normalized spacial score (nSPS) is 12.1. The van der Waals surface area contributed by atoms with Crippen LogP contribution in [0.15, 0.2) is 91.0 Å². The Kier molecular flexibility index (Phi) is 9.22. The highest BCUT2D eigenvalue weighted by Gasteiger charge is 2.28. The molecule has 0 radical (unpaired) electrons. The molecule has 0 saturated heterocycles. The number of esters is 1. The van der Waals surface area contributed by atoms with Gasteiger partial charge in [0.25, 0.3) is 0 Å². The number of amides is 2. The number of nitrogens with one attached hydrogen (secondary N) is 2. The van der Waals surface area contributed by atoms with Crippen LogP contribution in [0.2, 0.25) is 0 Å². The molecule has 2 amide bonds. The molecule has 0 aromatic heterocycles. The van der Waals surface area contributed by atoms with Crippen molar-refractivity contribution in [2.45, 2.75) is 31.5 Å². The van der Waals surface area contributed by atoms with E-state index in [0.717, 1.165) is 16.7 Å². The van der Waals surface area contributed by atoms with Crippen molar-refractivity contribution in [2.24, 2.45) is 0 Å². The van der Waals surface area contributed by atoms with Gasteiger partial charge in [-0.1, -0.05) is 91.0 Å². The Hall–Kier alpha value is -4.13. The molecule has 176 valence electrons. The summed E-state index contributed by atoms with van der Waals surface area (Å²) in [7, 11) is 1.27. The predicted molar refractivity (Wildman–Crippen MR) is 128 cm³/mol. The van der Waals surface area contributed by atoms with E-state index in [1.165, 1.54) is 7.11 Å². The summed E-state index contributed by atoms with van der Waals surface area (Å²) in [4.78, 5) is 38.0. The fourth-order valence-electron chi connectivity index (χ4n) is 3.42. The van der Waals surface area contributed by atoms with Crippen molar-refractivity contribution in [3.05, 3.63) is 108 Å². The molecular weight excluding hydrogens is 432 g/mol. The van der Waals surface area contributed by atoms with Crippen LogP contribution in [0, 0.1) is 0 Å². The van der Waals surface area contributed by atoms with Crippen LogP contribution in [0.25, 0.3) is 0 Å². The summed E-state index contributed by atoms with van der Waals surface area (Å²) in [5.74, 6) is -1.07. The largest absolute Gasteiger partial charge is 0.467 e. The zero-order valence-corrected chi connectivity index (χ0v) is 19.0. The number of hydrogen-bond acceptors (Lipinski definition) is 5. The molecule has 7 nitrogen and oxygen atoms in total. The molecule has 0 unspecified atom stereocenters. The van der Waals surface area contributed by atoms with E-state index >= 15 is 0 Å². The predicted octanol–water partition coefficient (Wildman–Crippen LogP) is 3.42. The first-order valence-electron chi connectivity index (χ1n) is 11.0. The third-order valence-corrected chi connectivity index (χ3v) is 5.19. The van der Waals surface area contributed by atoms with Crippen molar-refractivity contribution in [3.8, 4) is 0 Å². The fourth-order valence-corrected chi connectivity index (χ4v) is 3.42. The van der Waals surface area contributed by atoms with E-state index in [-0.39, 0.29) is 19.4 Å². The Morgan fingerprint density at radius 2 is 1.15 bits per heavy atom. The molecule has 3 aromatic rings. The van der Waals surface area contributed by atoms with Gasteiger partial charge in [0.1, 0.15) is 18.7 Å². The van der Waals surface area contributed by atoms with E-state index in [0.29, 0.717) is 0 Å². The van der Waals surface area contributed by atoms with Crippen molar-refractivity contribution in [1.82, 2.24) is 10.6 Å². The van der Waals surface area contributed by atoms with Crippen molar-refractivity contribution in [2.75, 3.05) is 7.11 Å². The summed E-state index contributed by atoms with van der Waals surface area (Å²) in [6.45, 7) is 0.0745. The topological polar surface area (TPSA) is 93.7 Å². The fraction of sp³-hybridized carbons (Fsp3) is 0.222. The second kappa shape index (κ2) is 12.8. The molecule has 0 saturated carbocycles. The van der Waals surface area contributed by atoms with Gasteiger partial charge in [-0.2, -0.15) is 0 Å². The first kappa shape index (κ1) is 24.5. The molecule has 0 heterocycles. The van der Waals surface area contributed by atoms with Gasteiger partial charge in [-0.05, 0) is 16.7 Å². The Morgan fingerprint density at radius 3 is 1.65 bits per heavy atom. The maximum atomic E-state index is 13.2. The zero-order valence-electron chi connectivity index (χ0n) is 19.0. The standard InChI is InChI=1S/C27H28N2O5/c1-33-26(31)24(18-21-13-7-3-8-14-21)28-25(30)23(17-20-11-5-2-6-12-20)29-27(32)34-19-22-15-9-4-10-16-22/h2-16,23-24H,17-19H2,1H3,(H,28,30)(H,29,32)/t23-,24+/m0/s1. The number of carbonyl (C=O) groups is 3. The highest BCUT2D eigenvalue weighted by atomic mass is 16.5. The zero-order chi connectivity index (χ0) is 24.2. The average Bonchev–Trinajstić information content (AvgIpc) is 2.88. The molecule has 0 aliphatic carbocycles. The summed E-state index contributed by atoms with van der Waals surface area (Å²) >= 11 is 0. The third-order valence-electron chi connectivity index (χ3n) is 5.19. The van der Waals surface area contributed by atoms with Gasteiger partial charge in [0.15, 0.2) is 0 Å². The lowest BCUT2D eigenvalue weighted by molar-refractivity contribution is -0.145. The van der Waals surface area contributed by atoms with Crippen molar-refractivity contribution >= 4 is 18.0 Å². The quantitative estimate of drug-likeness (QED) is 0.452. The van der Waals surface area contributed by atoms with Crippen LogP contribution in [0.5, 0.6) is 0 Å². The van der Waals surface area contributed by atoms with Gasteiger partial charge >= 0.3 is 12.1 Å². The third kappa shape index (κ3) is 7.78. The van der Waals surface area contributed by atoms with Crippen LogP contribution in [0.1, 0.15) is 16.7 Å². The minimum Gasteiger partial charge on any atom is -0.467 e. The SMILES string of the molecule is COC(=O)[C@@H](Cc1ccccc1)NC(=O)[C@H](Cc1ccccc1)NC(=O)OCc1ccccc1. The summed E-state index contributed by atoms with van der Waals surface area (Å²) in [6, 6.07) is 26.0. The van der Waals surface area contributed by atoms with Crippen LogP contribution >= 0.6 is 0 Å². The van der Waals surface area contributed by atoms with Crippen LogP contribution in [-0.4, -0.2) is 37.2 Å². The van der Waals surface area contributed by atoms with E-state index in [4.69, 9.17) is 9.47 Å². The Morgan fingerprint density at radius 1 is 0.676 bits per heavy atom. The van der Waals surface area contributed by atoms with Gasteiger partial charge in [-0.3, -0.25) is 4.79 Å². The van der Waals surface area contributed by atoms with Gasteiger partial charge in [0.05, 0.1) is 7.11 Å². The number of methoxy groups -OCH3 is 1. The molecule has 34 heavy (non-hydrogen) atoms. The maximum absolute atomic E-state index is 13.2. The number of hydrogen-bond donors (Lipinski definition) is 2. The smallest absolute Gasteiger partial charge is 0.408 e. The van der Waals surface area contributed by atoms with Gasteiger partial charge in [-0.15, -0.1) is 0 Å². The van der Waals surface area contributed by atoms with E-state index in [2.05, 4.69) is 10.6 Å². The van der Waals surface area contributed by atoms with E-state index in [1.54, 1.807) is 0 Å². The highest BCUT2D eigenvalue weighted by Crippen LogP contribution is 2.08. The molecule has 2 N–H and O–H groups in total. The Labute approximate surface area is 199 Å². The first-order valence-corrected chi connectivity index (χ1v) is 11.0. The molecule has 0 aliphatic rings. The number of alkyl carbamates (subject to hydrolysis) is 1. The summed E-state index contributed by atoms with van der Waals surface area (Å²) in [5.41, 5.74) is 2.55. The summed E-state index contributed by atoms with van der Waals surface area (Å²) in [5, 5.41) is 5.37. The van der Waals surface area contributed by atoms with Crippen LogP contribution < -0.4 is 10.6 Å². The molecule has 0 bridgehead atoms. The second-order valence-electron chi connectivity index (χ2n) is 7.72. The number of rotatable bonds is 10. The maximum Gasteiger partial charge on any atom is 0.408 e. The molecule has 0 aliphatic heterocycles. The van der Waals surface area contributed by atoms with Crippen LogP contribution in [0.3, 0.4) is 0 Å². The van der Waals surface area contributed by atoms with E-state index in [1.807, 2.05) is 91.0 Å². The molecule has 7 heteroatoms. The molecular formula is C27H28N2O5. The average molecular weight is 461 g/mol. The van der Waals surface area contributed by atoms with Gasteiger partial charge < -0.3 is 20.1 Å². The summed E-state index contributed by atoms with van der Waals surface area (Å²) < 4.78 is 10.2. The van der Waals surface area contributed by atoms with Crippen LogP contribution in [0.4, 0.5) is 4.79 Å². The van der Waals surface area contributed by atoms with E-state index < -0.39 is 30.1 Å². The molecule has 0 fully saturated rings. The van der Waals surface area contributed by atoms with Gasteiger partial charge in [0, 0.05) is 12.8 Å². The monoisotopic (exact) mass is 460 g/mol. The Bertz CT molecular complexity index is 1060. The first-order chi connectivity index (χ1) is 16.5. The lowest BCUT2D eigenvalue weighted by Gasteiger charge is -2.22. The van der Waals surface area contributed by atoms with Crippen molar-refractivity contribution < 1.29 is 23.9 Å². The number of benzene rings is 3. The van der Waals surface area contributed by atoms with Gasteiger partial charge in [-0.25, -0.2) is 9.59 Å².